The smallest absolute Gasteiger partial charge is 0.308 e. The highest BCUT2D eigenvalue weighted by atomic mass is 32.2. The molecule has 0 atom stereocenters. The molecule has 0 aliphatic carbocycles. The molecule has 6 nitrogen and oxygen atoms in total. The van der Waals surface area contributed by atoms with Gasteiger partial charge in [-0.25, -0.2) is 0 Å². The molecule has 0 fully saturated rings. The van der Waals surface area contributed by atoms with Gasteiger partial charge in [-0.2, -0.15) is 8.42 Å². The van der Waals surface area contributed by atoms with E-state index in [1.165, 1.54) is 6.92 Å². The second kappa shape index (κ2) is 8.90. The van der Waals surface area contributed by atoms with Gasteiger partial charge in [-0.05, 0) is 62.7 Å². The molecule has 0 aliphatic rings. The van der Waals surface area contributed by atoms with Gasteiger partial charge in [0.05, 0.1) is 12.9 Å². The monoisotopic (exact) mass is 391 g/mol. The molecule has 0 saturated carbocycles. The zero-order valence-corrected chi connectivity index (χ0v) is 16.8. The third-order valence-electron chi connectivity index (χ3n) is 4.05. The van der Waals surface area contributed by atoms with Crippen molar-refractivity contribution in [1.29, 1.82) is 0 Å². The molecular formula is C20H25NO5S. The van der Waals surface area contributed by atoms with E-state index in [1.54, 1.807) is 54.5 Å². The van der Waals surface area contributed by atoms with E-state index < -0.39 is 10.1 Å². The first-order valence-corrected chi connectivity index (χ1v) is 10.3. The Bertz CT molecular complexity index is 876. The molecule has 7 heteroatoms. The molecule has 0 bridgehead atoms. The summed E-state index contributed by atoms with van der Waals surface area (Å²) < 4.78 is 33.5. The van der Waals surface area contributed by atoms with Crippen molar-refractivity contribution in [3.05, 3.63) is 59.7 Å². The second-order valence-corrected chi connectivity index (χ2v) is 8.19. The van der Waals surface area contributed by atoms with Gasteiger partial charge in [0.25, 0.3) is 5.91 Å². The van der Waals surface area contributed by atoms with E-state index in [-0.39, 0.29) is 23.5 Å². The van der Waals surface area contributed by atoms with E-state index in [2.05, 4.69) is 0 Å². The maximum Gasteiger partial charge on any atom is 0.308 e. The summed E-state index contributed by atoms with van der Waals surface area (Å²) in [6, 6.07) is 13.7. The van der Waals surface area contributed by atoms with Crippen LogP contribution in [-0.2, 0) is 16.7 Å². The zero-order valence-electron chi connectivity index (χ0n) is 16.0. The van der Waals surface area contributed by atoms with E-state index in [0.29, 0.717) is 17.9 Å². The fourth-order valence-electron chi connectivity index (χ4n) is 2.49. The van der Waals surface area contributed by atoms with E-state index in [1.807, 2.05) is 19.9 Å². The number of carbonyl (C=O) groups is 1. The van der Waals surface area contributed by atoms with Crippen LogP contribution in [0.3, 0.4) is 0 Å². The molecule has 0 spiro atoms. The van der Waals surface area contributed by atoms with Crippen LogP contribution in [0.4, 0.5) is 0 Å². The minimum atomic E-state index is -3.59. The summed E-state index contributed by atoms with van der Waals surface area (Å²) in [6.07, 6.45) is 0. The molecule has 0 heterocycles. The van der Waals surface area contributed by atoms with Crippen LogP contribution in [0.2, 0.25) is 0 Å². The molecular weight excluding hydrogens is 366 g/mol. The number of carbonyl (C=O) groups excluding carboxylic acids is 1. The third kappa shape index (κ3) is 5.72. The number of nitrogens with zero attached hydrogens (tertiary/aromatic N) is 1. The average molecular weight is 391 g/mol. The van der Waals surface area contributed by atoms with Gasteiger partial charge in [0.2, 0.25) is 0 Å². The summed E-state index contributed by atoms with van der Waals surface area (Å²) in [6.45, 7) is 5.73. The van der Waals surface area contributed by atoms with Gasteiger partial charge in [-0.15, -0.1) is 0 Å². The molecule has 0 aromatic heterocycles. The summed E-state index contributed by atoms with van der Waals surface area (Å²) in [4.78, 5) is 14.6. The molecule has 0 N–H and O–H groups in total. The lowest BCUT2D eigenvalue weighted by molar-refractivity contribution is 0.0690. The van der Waals surface area contributed by atoms with Gasteiger partial charge in [-0.3, -0.25) is 4.79 Å². The van der Waals surface area contributed by atoms with Crippen LogP contribution in [0.25, 0.3) is 0 Å². The Labute approximate surface area is 160 Å². The van der Waals surface area contributed by atoms with Gasteiger partial charge in [0.15, 0.2) is 0 Å². The number of methoxy groups -OCH3 is 1. The van der Waals surface area contributed by atoms with E-state index in [9.17, 15) is 13.2 Å². The molecule has 0 saturated heterocycles. The molecule has 2 aromatic carbocycles. The molecule has 27 heavy (non-hydrogen) atoms. The van der Waals surface area contributed by atoms with E-state index in [0.717, 1.165) is 5.56 Å². The Morgan fingerprint density at radius 2 is 1.74 bits per heavy atom. The highest BCUT2D eigenvalue weighted by molar-refractivity contribution is 7.87. The van der Waals surface area contributed by atoms with Crippen molar-refractivity contribution in [1.82, 2.24) is 4.90 Å². The molecule has 146 valence electrons. The zero-order chi connectivity index (χ0) is 20.0. The molecule has 1 amide bonds. The summed E-state index contributed by atoms with van der Waals surface area (Å²) in [5, 5.41) is 0. The Morgan fingerprint density at radius 3 is 2.30 bits per heavy atom. The second-order valence-electron chi connectivity index (χ2n) is 6.33. The molecule has 2 aromatic rings. The summed E-state index contributed by atoms with van der Waals surface area (Å²) in [7, 11) is -2.02. The summed E-state index contributed by atoms with van der Waals surface area (Å²) in [5.41, 5.74) is 1.35. The summed E-state index contributed by atoms with van der Waals surface area (Å²) in [5.74, 6) is 0.713. The maximum atomic E-state index is 12.9. The third-order valence-corrected chi connectivity index (χ3v) is 5.20. The Kier molecular flexibility index (Phi) is 6.85. The number of hydrogen-bond donors (Lipinski definition) is 0. The van der Waals surface area contributed by atoms with E-state index in [4.69, 9.17) is 8.92 Å². The lowest BCUT2D eigenvalue weighted by Gasteiger charge is -2.27. The fourth-order valence-corrected chi connectivity index (χ4v) is 3.00. The van der Waals surface area contributed by atoms with Crippen molar-refractivity contribution in [3.63, 3.8) is 0 Å². The van der Waals surface area contributed by atoms with Gasteiger partial charge in [0, 0.05) is 18.2 Å². The molecule has 2 rings (SSSR count). The Morgan fingerprint density at radius 1 is 1.07 bits per heavy atom. The highest BCUT2D eigenvalue weighted by Crippen LogP contribution is 2.20. The standard InChI is InChI=1S/C20H25NO5S/c1-5-27(23,24)26-19-8-6-7-16(13-19)14-21(15(2)3)20(22)17-9-11-18(25-4)12-10-17/h6-13,15H,5,14H2,1-4H3. The van der Waals surface area contributed by atoms with Gasteiger partial charge in [0.1, 0.15) is 11.5 Å². The van der Waals surface area contributed by atoms with Gasteiger partial charge >= 0.3 is 10.1 Å². The Hall–Kier alpha value is -2.54. The topological polar surface area (TPSA) is 72.9 Å². The first-order valence-electron chi connectivity index (χ1n) is 8.72. The fraction of sp³-hybridized carbons (Fsp3) is 0.350. The predicted octanol–water partition coefficient (Wildman–Crippen LogP) is 3.47. The van der Waals surface area contributed by atoms with Crippen molar-refractivity contribution < 1.29 is 22.1 Å². The first-order chi connectivity index (χ1) is 12.8. The molecule has 0 radical (unpaired) electrons. The highest BCUT2D eigenvalue weighted by Gasteiger charge is 2.20. The van der Waals surface area contributed by atoms with E-state index >= 15 is 0 Å². The quantitative estimate of drug-likeness (QED) is 0.644. The number of benzene rings is 2. The summed E-state index contributed by atoms with van der Waals surface area (Å²) >= 11 is 0. The Balaban J connectivity index is 2.21. The predicted molar refractivity (Wildman–Crippen MR) is 105 cm³/mol. The van der Waals surface area contributed by atoms with Crippen molar-refractivity contribution in [2.75, 3.05) is 12.9 Å². The SMILES string of the molecule is CCS(=O)(=O)Oc1cccc(CN(C(=O)c2ccc(OC)cc2)C(C)C)c1. The van der Waals surface area contributed by atoms with Crippen LogP contribution in [0, 0.1) is 0 Å². The molecule has 0 aliphatic heterocycles. The molecule has 0 unspecified atom stereocenters. The van der Waals surface area contributed by atoms with Crippen molar-refractivity contribution >= 4 is 16.0 Å². The minimum absolute atomic E-state index is 0.0384. The van der Waals surface area contributed by atoms with Gasteiger partial charge < -0.3 is 13.8 Å². The minimum Gasteiger partial charge on any atom is -0.497 e. The number of amides is 1. The lowest BCUT2D eigenvalue weighted by atomic mass is 10.1. The normalized spacial score (nSPS) is 11.3. The largest absolute Gasteiger partial charge is 0.497 e. The number of rotatable bonds is 8. The first kappa shape index (κ1) is 20.8. The van der Waals surface area contributed by atoms with Crippen LogP contribution in [-0.4, -0.2) is 38.1 Å². The van der Waals surface area contributed by atoms with Crippen LogP contribution in [0.1, 0.15) is 36.7 Å². The van der Waals surface area contributed by atoms with Crippen LogP contribution in [0.15, 0.2) is 48.5 Å². The van der Waals surface area contributed by atoms with Gasteiger partial charge in [-0.1, -0.05) is 12.1 Å². The lowest BCUT2D eigenvalue weighted by Crippen LogP contribution is -2.36. The number of ether oxygens (including phenoxy) is 1. The number of hydrogen-bond acceptors (Lipinski definition) is 5. The van der Waals surface area contributed by atoms with Crippen LogP contribution in [0.5, 0.6) is 11.5 Å². The van der Waals surface area contributed by atoms with Crippen molar-refractivity contribution in [2.24, 2.45) is 0 Å². The van der Waals surface area contributed by atoms with Crippen molar-refractivity contribution in [3.8, 4) is 11.5 Å². The maximum absolute atomic E-state index is 12.9. The van der Waals surface area contributed by atoms with Crippen LogP contribution < -0.4 is 8.92 Å². The van der Waals surface area contributed by atoms with Crippen LogP contribution >= 0.6 is 0 Å². The average Bonchev–Trinajstić information content (AvgIpc) is 2.65. The van der Waals surface area contributed by atoms with Crippen molar-refractivity contribution in [2.45, 2.75) is 33.4 Å².